The minimum Gasteiger partial charge on any atom is -0.393 e. The predicted molar refractivity (Wildman–Crippen MR) is 105 cm³/mol. The Kier molecular flexibility index (Phi) is 4.58. The zero-order valence-electron chi connectivity index (χ0n) is 17.3. The first-order valence-electron chi connectivity index (χ1n) is 11.5. The molecule has 0 saturated heterocycles. The summed E-state index contributed by atoms with van der Waals surface area (Å²) in [4.78, 5) is 0. The van der Waals surface area contributed by atoms with Crippen molar-refractivity contribution in [2.45, 2.75) is 111 Å². The summed E-state index contributed by atoms with van der Waals surface area (Å²) in [5, 5.41) is 11.4. The van der Waals surface area contributed by atoms with Crippen LogP contribution in [0.5, 0.6) is 0 Å². The second kappa shape index (κ2) is 6.25. The average molecular weight is 347 g/mol. The molecule has 8 atom stereocenters. The summed E-state index contributed by atoms with van der Waals surface area (Å²) in [6.45, 7) is 10.0. The van der Waals surface area contributed by atoms with Crippen molar-refractivity contribution in [1.82, 2.24) is 0 Å². The van der Waals surface area contributed by atoms with Crippen LogP contribution in [0.25, 0.3) is 0 Å². The lowest BCUT2D eigenvalue weighted by Crippen LogP contribution is -2.60. The van der Waals surface area contributed by atoms with Crippen LogP contribution in [-0.2, 0) is 0 Å². The van der Waals surface area contributed by atoms with Crippen LogP contribution in [0.4, 0.5) is 0 Å². The zero-order chi connectivity index (χ0) is 17.9. The third-order valence-electron chi connectivity index (χ3n) is 10.5. The Hall–Kier alpha value is -0.0400. The fraction of sp³-hybridized carbons (Fsp3) is 1.00. The molecule has 0 aromatic rings. The van der Waals surface area contributed by atoms with Gasteiger partial charge in [-0.15, -0.1) is 0 Å². The quantitative estimate of drug-likeness (QED) is 0.611. The Morgan fingerprint density at radius 3 is 2.44 bits per heavy atom. The van der Waals surface area contributed by atoms with E-state index in [2.05, 4.69) is 27.7 Å². The van der Waals surface area contributed by atoms with Crippen LogP contribution < -0.4 is 0 Å². The van der Waals surface area contributed by atoms with E-state index in [1.165, 1.54) is 70.6 Å². The number of aliphatic hydroxyl groups excluding tert-OH is 1. The Bertz CT molecular complexity index is 500. The van der Waals surface area contributed by atoms with Gasteiger partial charge in [0.1, 0.15) is 0 Å². The maximum absolute atomic E-state index is 11.4. The fourth-order valence-electron chi connectivity index (χ4n) is 8.61. The monoisotopic (exact) mass is 346 g/mol. The van der Waals surface area contributed by atoms with Crippen molar-refractivity contribution >= 4 is 0 Å². The predicted octanol–water partition coefficient (Wildman–Crippen LogP) is 6.59. The summed E-state index contributed by atoms with van der Waals surface area (Å²) < 4.78 is 0. The molecule has 0 aromatic carbocycles. The summed E-state index contributed by atoms with van der Waals surface area (Å²) in [5.74, 6) is 3.26. The summed E-state index contributed by atoms with van der Waals surface area (Å²) >= 11 is 0. The van der Waals surface area contributed by atoms with Gasteiger partial charge in [0, 0.05) is 0 Å². The molecule has 4 saturated carbocycles. The van der Waals surface area contributed by atoms with Gasteiger partial charge in [0.05, 0.1) is 6.10 Å². The summed E-state index contributed by atoms with van der Waals surface area (Å²) in [7, 11) is 0. The van der Waals surface area contributed by atoms with Gasteiger partial charge in [0.2, 0.25) is 0 Å². The van der Waals surface area contributed by atoms with Crippen molar-refractivity contribution in [3.8, 4) is 0 Å². The molecule has 144 valence electrons. The first-order chi connectivity index (χ1) is 11.9. The average Bonchev–Trinajstić information content (AvgIpc) is 2.93. The molecule has 1 heteroatoms. The van der Waals surface area contributed by atoms with Crippen molar-refractivity contribution in [2.24, 2.45) is 39.9 Å². The minimum atomic E-state index is -0.0517. The highest BCUT2D eigenvalue weighted by Gasteiger charge is 2.64. The maximum atomic E-state index is 11.4. The molecule has 0 heterocycles. The topological polar surface area (TPSA) is 20.2 Å². The number of aliphatic hydroxyl groups is 1. The first kappa shape index (κ1) is 18.3. The Morgan fingerprint density at radius 2 is 1.68 bits per heavy atom. The van der Waals surface area contributed by atoms with Crippen LogP contribution in [0.15, 0.2) is 0 Å². The van der Waals surface area contributed by atoms with Gasteiger partial charge >= 0.3 is 0 Å². The van der Waals surface area contributed by atoms with E-state index in [0.717, 1.165) is 30.1 Å². The lowest BCUT2D eigenvalue weighted by Gasteiger charge is -2.65. The van der Waals surface area contributed by atoms with Crippen LogP contribution >= 0.6 is 0 Å². The molecule has 0 aliphatic heterocycles. The first-order valence-corrected chi connectivity index (χ1v) is 11.5. The van der Waals surface area contributed by atoms with Crippen molar-refractivity contribution in [3.05, 3.63) is 0 Å². The molecule has 2 unspecified atom stereocenters. The number of hydrogen-bond donors (Lipinski definition) is 1. The molecule has 0 spiro atoms. The van der Waals surface area contributed by atoms with E-state index in [1.54, 1.807) is 0 Å². The van der Waals surface area contributed by atoms with E-state index < -0.39 is 0 Å². The van der Waals surface area contributed by atoms with Crippen LogP contribution in [-0.4, -0.2) is 11.2 Å². The molecule has 1 nitrogen and oxygen atoms in total. The molecular weight excluding hydrogens is 304 g/mol. The highest BCUT2D eigenvalue weighted by molar-refractivity contribution is 5.13. The van der Waals surface area contributed by atoms with E-state index in [0.29, 0.717) is 10.8 Å². The third-order valence-corrected chi connectivity index (χ3v) is 10.5. The Labute approximate surface area is 156 Å². The SMILES string of the molecule is CCCC[C@H]1CCC2[C@@H]3CC[C@]4(C)CCCC[C@]4(C)C3C[C@H](O)[C@@]21C. The fourth-order valence-corrected chi connectivity index (χ4v) is 8.61. The molecule has 25 heavy (non-hydrogen) atoms. The van der Waals surface area contributed by atoms with E-state index in [1.807, 2.05) is 0 Å². The highest BCUT2D eigenvalue weighted by Crippen LogP contribution is 2.70. The highest BCUT2D eigenvalue weighted by atomic mass is 16.3. The second-order valence-electron chi connectivity index (χ2n) is 11.1. The number of rotatable bonds is 3. The summed E-state index contributed by atoms with van der Waals surface area (Å²) in [6, 6.07) is 0. The van der Waals surface area contributed by atoms with Gasteiger partial charge in [-0.3, -0.25) is 0 Å². The largest absolute Gasteiger partial charge is 0.393 e. The van der Waals surface area contributed by atoms with Gasteiger partial charge in [-0.2, -0.15) is 0 Å². The molecule has 0 aromatic heterocycles. The number of hydrogen-bond acceptors (Lipinski definition) is 1. The van der Waals surface area contributed by atoms with E-state index in [9.17, 15) is 5.11 Å². The summed E-state index contributed by atoms with van der Waals surface area (Å²) in [5.41, 5.74) is 1.24. The molecular formula is C24H42O. The molecule has 0 bridgehead atoms. The normalized spacial score (nSPS) is 55.3. The number of fused-ring (bicyclic) bond motifs is 5. The Morgan fingerprint density at radius 1 is 0.920 bits per heavy atom. The van der Waals surface area contributed by atoms with Crippen LogP contribution in [0.1, 0.15) is 105 Å². The third kappa shape index (κ3) is 2.43. The van der Waals surface area contributed by atoms with Gasteiger partial charge in [0.25, 0.3) is 0 Å². The summed E-state index contributed by atoms with van der Waals surface area (Å²) in [6.07, 6.45) is 16.5. The minimum absolute atomic E-state index is 0.0517. The molecule has 0 amide bonds. The zero-order valence-corrected chi connectivity index (χ0v) is 17.3. The van der Waals surface area contributed by atoms with Gasteiger partial charge in [-0.1, -0.05) is 53.4 Å². The van der Waals surface area contributed by atoms with Gasteiger partial charge in [-0.25, -0.2) is 0 Å². The molecule has 4 rings (SSSR count). The smallest absolute Gasteiger partial charge is 0.0602 e. The second-order valence-corrected chi connectivity index (χ2v) is 11.1. The van der Waals surface area contributed by atoms with Crippen LogP contribution in [0, 0.1) is 39.9 Å². The van der Waals surface area contributed by atoms with E-state index in [4.69, 9.17) is 0 Å². The molecule has 4 aliphatic carbocycles. The van der Waals surface area contributed by atoms with E-state index >= 15 is 0 Å². The van der Waals surface area contributed by atoms with Gasteiger partial charge in [0.15, 0.2) is 0 Å². The number of unbranched alkanes of at least 4 members (excludes halogenated alkanes) is 1. The molecule has 4 aliphatic rings. The molecule has 1 N–H and O–H groups in total. The van der Waals surface area contributed by atoms with Crippen LogP contribution in [0.2, 0.25) is 0 Å². The van der Waals surface area contributed by atoms with Crippen molar-refractivity contribution in [2.75, 3.05) is 0 Å². The van der Waals surface area contributed by atoms with E-state index in [-0.39, 0.29) is 11.5 Å². The molecule has 0 radical (unpaired) electrons. The van der Waals surface area contributed by atoms with Crippen LogP contribution in [0.3, 0.4) is 0 Å². The lowest BCUT2D eigenvalue weighted by molar-refractivity contribution is -0.189. The van der Waals surface area contributed by atoms with Gasteiger partial charge < -0.3 is 5.11 Å². The molecule has 4 fully saturated rings. The Balaban J connectivity index is 1.63. The standard InChI is InChI=1S/C24H42O/c1-5-6-9-17-10-11-19-18-12-15-22(2)13-7-8-14-23(22,3)20(18)16-21(25)24(17,19)4/h17-21,25H,5-16H2,1-4H3/t17-,18-,19?,20?,21-,22-,23+,24+/m0/s1. The lowest BCUT2D eigenvalue weighted by atomic mass is 9.40. The van der Waals surface area contributed by atoms with Crippen molar-refractivity contribution in [3.63, 3.8) is 0 Å². The van der Waals surface area contributed by atoms with Gasteiger partial charge in [-0.05, 0) is 91.3 Å². The maximum Gasteiger partial charge on any atom is 0.0602 e. The van der Waals surface area contributed by atoms with Crippen molar-refractivity contribution in [1.29, 1.82) is 0 Å². The van der Waals surface area contributed by atoms with Crippen molar-refractivity contribution < 1.29 is 5.11 Å².